The van der Waals surface area contributed by atoms with E-state index in [9.17, 15) is 5.11 Å². The van der Waals surface area contributed by atoms with Crippen molar-refractivity contribution in [1.82, 2.24) is 0 Å². The maximum absolute atomic E-state index is 10.8. The molecule has 98 valence electrons. The van der Waals surface area contributed by atoms with Crippen molar-refractivity contribution < 1.29 is 9.84 Å². The molecule has 0 saturated heterocycles. The summed E-state index contributed by atoms with van der Waals surface area (Å²) in [5, 5.41) is 10.8. The molecule has 0 bridgehead atoms. The van der Waals surface area contributed by atoms with E-state index in [2.05, 4.69) is 28.9 Å². The van der Waals surface area contributed by atoms with Crippen molar-refractivity contribution in [2.24, 2.45) is 5.41 Å². The molecule has 1 atom stereocenters. The Morgan fingerprint density at radius 1 is 1.33 bits per heavy atom. The second-order valence-electron chi connectivity index (χ2n) is 5.85. The molecule has 0 amide bonds. The average molecular weight is 311 g/mol. The van der Waals surface area contributed by atoms with Crippen LogP contribution in [0.25, 0.3) is 0 Å². The maximum Gasteiger partial charge on any atom is 0.128 e. The van der Waals surface area contributed by atoms with Gasteiger partial charge in [0.2, 0.25) is 0 Å². The van der Waals surface area contributed by atoms with E-state index in [0.717, 1.165) is 41.7 Å². The highest BCUT2D eigenvalue weighted by Gasteiger charge is 2.39. The summed E-state index contributed by atoms with van der Waals surface area (Å²) >= 11 is 3.54. The number of benzene rings is 1. The van der Waals surface area contributed by atoms with Gasteiger partial charge in [-0.15, -0.1) is 0 Å². The Labute approximate surface area is 116 Å². The summed E-state index contributed by atoms with van der Waals surface area (Å²) in [6.45, 7) is 2.94. The fourth-order valence-electron chi connectivity index (χ4n) is 3.33. The SMILES string of the molecule is CC1(C(O)c2cc(Br)cc3c2OCC3)CCCC1. The summed E-state index contributed by atoms with van der Waals surface area (Å²) in [7, 11) is 0. The van der Waals surface area contributed by atoms with Crippen LogP contribution in [0.3, 0.4) is 0 Å². The zero-order chi connectivity index (χ0) is 12.8. The Kier molecular flexibility index (Phi) is 3.15. The Balaban J connectivity index is 2.01. The van der Waals surface area contributed by atoms with Crippen LogP contribution >= 0.6 is 15.9 Å². The molecule has 1 fully saturated rings. The molecule has 1 heterocycles. The van der Waals surface area contributed by atoms with Gasteiger partial charge < -0.3 is 9.84 Å². The van der Waals surface area contributed by atoms with Crippen LogP contribution in [0.2, 0.25) is 0 Å². The monoisotopic (exact) mass is 310 g/mol. The molecule has 1 N–H and O–H groups in total. The molecular weight excluding hydrogens is 292 g/mol. The van der Waals surface area contributed by atoms with Crippen LogP contribution in [-0.2, 0) is 6.42 Å². The lowest BCUT2D eigenvalue weighted by Crippen LogP contribution is -2.22. The van der Waals surface area contributed by atoms with Gasteiger partial charge in [-0.25, -0.2) is 0 Å². The number of hydrogen-bond donors (Lipinski definition) is 1. The third-order valence-electron chi connectivity index (χ3n) is 4.48. The van der Waals surface area contributed by atoms with Gasteiger partial charge in [0, 0.05) is 16.5 Å². The maximum atomic E-state index is 10.8. The van der Waals surface area contributed by atoms with Crippen LogP contribution in [0.1, 0.15) is 49.8 Å². The summed E-state index contributed by atoms with van der Waals surface area (Å²) < 4.78 is 6.77. The minimum atomic E-state index is -0.413. The lowest BCUT2D eigenvalue weighted by Gasteiger charge is -2.31. The molecule has 0 aromatic heterocycles. The van der Waals surface area contributed by atoms with Gasteiger partial charge in [0.25, 0.3) is 0 Å². The van der Waals surface area contributed by atoms with Crippen LogP contribution in [-0.4, -0.2) is 11.7 Å². The van der Waals surface area contributed by atoms with Gasteiger partial charge in [0.15, 0.2) is 0 Å². The van der Waals surface area contributed by atoms with Crippen molar-refractivity contribution in [3.8, 4) is 5.75 Å². The smallest absolute Gasteiger partial charge is 0.128 e. The summed E-state index contributed by atoms with van der Waals surface area (Å²) in [6, 6.07) is 4.13. The summed E-state index contributed by atoms with van der Waals surface area (Å²) in [5.74, 6) is 0.929. The molecule has 3 heteroatoms. The minimum absolute atomic E-state index is 0.0144. The molecule has 1 aromatic carbocycles. The van der Waals surface area contributed by atoms with Gasteiger partial charge in [-0.3, -0.25) is 0 Å². The number of fused-ring (bicyclic) bond motifs is 1. The van der Waals surface area contributed by atoms with Crippen LogP contribution in [0.15, 0.2) is 16.6 Å². The third-order valence-corrected chi connectivity index (χ3v) is 4.94. The predicted octanol–water partition coefficient (Wildman–Crippen LogP) is 4.00. The average Bonchev–Trinajstić information content (AvgIpc) is 2.96. The fourth-order valence-corrected chi connectivity index (χ4v) is 3.86. The van der Waals surface area contributed by atoms with E-state index < -0.39 is 6.10 Å². The molecule has 1 aliphatic carbocycles. The Morgan fingerprint density at radius 3 is 2.78 bits per heavy atom. The van der Waals surface area contributed by atoms with Crippen LogP contribution in [0.4, 0.5) is 0 Å². The van der Waals surface area contributed by atoms with Crippen molar-refractivity contribution in [1.29, 1.82) is 0 Å². The van der Waals surface area contributed by atoms with E-state index in [-0.39, 0.29) is 5.41 Å². The zero-order valence-electron chi connectivity index (χ0n) is 10.7. The van der Waals surface area contributed by atoms with Gasteiger partial charge in [-0.1, -0.05) is 35.7 Å². The quantitative estimate of drug-likeness (QED) is 0.894. The van der Waals surface area contributed by atoms with Crippen molar-refractivity contribution in [3.05, 3.63) is 27.7 Å². The first-order valence-electron chi connectivity index (χ1n) is 6.73. The van der Waals surface area contributed by atoms with Crippen LogP contribution in [0.5, 0.6) is 5.75 Å². The van der Waals surface area contributed by atoms with E-state index in [4.69, 9.17) is 4.74 Å². The van der Waals surface area contributed by atoms with Crippen molar-refractivity contribution >= 4 is 15.9 Å². The van der Waals surface area contributed by atoms with Gasteiger partial charge in [0.05, 0.1) is 12.7 Å². The molecule has 2 aliphatic rings. The number of rotatable bonds is 2. The zero-order valence-corrected chi connectivity index (χ0v) is 12.3. The number of hydrogen-bond acceptors (Lipinski definition) is 2. The molecule has 1 unspecified atom stereocenters. The standard InChI is InChI=1S/C15H19BrO2/c1-15(5-2-3-6-15)14(17)12-9-11(16)8-10-4-7-18-13(10)12/h8-9,14,17H,2-7H2,1H3. The molecular formula is C15H19BrO2. The van der Waals surface area contributed by atoms with Gasteiger partial charge >= 0.3 is 0 Å². The van der Waals surface area contributed by atoms with Crippen molar-refractivity contribution in [2.75, 3.05) is 6.61 Å². The second-order valence-corrected chi connectivity index (χ2v) is 6.76. The van der Waals surface area contributed by atoms with Crippen LogP contribution < -0.4 is 4.74 Å². The molecule has 0 spiro atoms. The number of aliphatic hydroxyl groups excluding tert-OH is 1. The fraction of sp³-hybridized carbons (Fsp3) is 0.600. The molecule has 1 saturated carbocycles. The number of halogens is 1. The van der Waals surface area contributed by atoms with Gasteiger partial charge in [0.1, 0.15) is 5.75 Å². The molecule has 0 radical (unpaired) electrons. The largest absolute Gasteiger partial charge is 0.493 e. The molecule has 1 aromatic rings. The van der Waals surface area contributed by atoms with E-state index in [1.165, 1.54) is 18.4 Å². The van der Waals surface area contributed by atoms with Gasteiger partial charge in [-0.05, 0) is 36.0 Å². The van der Waals surface area contributed by atoms with Crippen molar-refractivity contribution in [3.63, 3.8) is 0 Å². The normalized spacial score (nSPS) is 22.6. The third kappa shape index (κ3) is 1.97. The van der Waals surface area contributed by atoms with E-state index in [1.807, 2.05) is 6.07 Å². The van der Waals surface area contributed by atoms with Crippen LogP contribution in [0, 0.1) is 5.41 Å². The Bertz CT molecular complexity index is 464. The highest BCUT2D eigenvalue weighted by Crippen LogP contribution is 2.50. The molecule has 18 heavy (non-hydrogen) atoms. The lowest BCUT2D eigenvalue weighted by atomic mass is 9.79. The highest BCUT2D eigenvalue weighted by molar-refractivity contribution is 9.10. The van der Waals surface area contributed by atoms with E-state index >= 15 is 0 Å². The first-order chi connectivity index (χ1) is 8.60. The Hall–Kier alpha value is -0.540. The minimum Gasteiger partial charge on any atom is -0.493 e. The number of ether oxygens (including phenoxy) is 1. The first kappa shape index (κ1) is 12.5. The predicted molar refractivity (Wildman–Crippen MR) is 74.9 cm³/mol. The number of aliphatic hydroxyl groups is 1. The summed E-state index contributed by atoms with van der Waals surface area (Å²) in [5.41, 5.74) is 2.21. The first-order valence-corrected chi connectivity index (χ1v) is 7.53. The summed E-state index contributed by atoms with van der Waals surface area (Å²) in [4.78, 5) is 0. The lowest BCUT2D eigenvalue weighted by molar-refractivity contribution is 0.0388. The second kappa shape index (κ2) is 4.53. The highest BCUT2D eigenvalue weighted by atomic mass is 79.9. The van der Waals surface area contributed by atoms with Crippen molar-refractivity contribution in [2.45, 2.75) is 45.1 Å². The molecule has 1 aliphatic heterocycles. The molecule has 3 rings (SSSR count). The van der Waals surface area contributed by atoms with Gasteiger partial charge in [-0.2, -0.15) is 0 Å². The van der Waals surface area contributed by atoms with E-state index in [0.29, 0.717) is 0 Å². The molecule has 2 nitrogen and oxygen atoms in total. The Morgan fingerprint density at radius 2 is 2.06 bits per heavy atom. The van der Waals surface area contributed by atoms with E-state index in [1.54, 1.807) is 0 Å². The topological polar surface area (TPSA) is 29.5 Å². The summed E-state index contributed by atoms with van der Waals surface area (Å²) in [6.07, 6.45) is 5.20.